The van der Waals surface area contributed by atoms with Crippen LogP contribution in [0, 0.1) is 0 Å². The van der Waals surface area contributed by atoms with E-state index in [-0.39, 0.29) is 30.9 Å². The molecule has 0 N–H and O–H groups in total. The highest BCUT2D eigenvalue weighted by Gasteiger charge is 2.15. The maximum Gasteiger partial charge on any atom is 0.306 e. The van der Waals surface area contributed by atoms with Crippen LogP contribution in [-0.2, 0) is 23.8 Å². The number of esters is 2. The molecule has 0 spiro atoms. The molecule has 0 aromatic rings. The number of rotatable bonds is 17. The lowest BCUT2D eigenvalue weighted by molar-refractivity contribution is -0.150. The highest BCUT2D eigenvalue weighted by atomic mass is 16.5. The van der Waals surface area contributed by atoms with Crippen molar-refractivity contribution in [1.82, 2.24) is 0 Å². The summed E-state index contributed by atoms with van der Waals surface area (Å²) >= 11 is 0. The third kappa shape index (κ3) is 16.1. The molecule has 0 aliphatic heterocycles. The molecular weight excluding hydrogens is 320 g/mol. The smallest absolute Gasteiger partial charge is 0.306 e. The summed E-state index contributed by atoms with van der Waals surface area (Å²) in [6, 6.07) is 0. The number of hydrogen-bond acceptors (Lipinski definition) is 5. The highest BCUT2D eigenvalue weighted by Crippen LogP contribution is 2.15. The third-order valence-electron chi connectivity index (χ3n) is 4.08. The molecule has 0 amide bonds. The average molecular weight is 359 g/mol. The minimum Gasteiger partial charge on any atom is -0.466 e. The number of hydrogen-bond donors (Lipinski definition) is 0. The van der Waals surface area contributed by atoms with E-state index in [1.54, 1.807) is 7.11 Å². The van der Waals surface area contributed by atoms with E-state index >= 15 is 0 Å². The Hall–Kier alpha value is -1.10. The minimum atomic E-state index is -0.225. The molecule has 0 radical (unpaired) electrons. The second-order valence-corrected chi connectivity index (χ2v) is 6.52. The lowest BCUT2D eigenvalue weighted by atomic mass is 10.1. The SMILES string of the molecule is CCCCCCC(CCCOC)OC(=O)CCCC(=O)OCCCC. The van der Waals surface area contributed by atoms with Gasteiger partial charge in [-0.25, -0.2) is 0 Å². The molecule has 0 aromatic carbocycles. The lowest BCUT2D eigenvalue weighted by Crippen LogP contribution is -2.19. The van der Waals surface area contributed by atoms with Crippen LogP contribution in [0.15, 0.2) is 0 Å². The summed E-state index contributed by atoms with van der Waals surface area (Å²) in [4.78, 5) is 23.5. The van der Waals surface area contributed by atoms with Gasteiger partial charge in [0.15, 0.2) is 0 Å². The molecule has 1 unspecified atom stereocenters. The van der Waals surface area contributed by atoms with E-state index in [0.29, 0.717) is 19.6 Å². The molecule has 0 heterocycles. The van der Waals surface area contributed by atoms with Crippen molar-refractivity contribution in [2.75, 3.05) is 20.3 Å². The summed E-state index contributed by atoms with van der Waals surface area (Å²) in [5.74, 6) is -0.434. The zero-order valence-electron chi connectivity index (χ0n) is 16.5. The van der Waals surface area contributed by atoms with E-state index in [0.717, 1.165) is 38.5 Å². The number of ether oxygens (including phenoxy) is 3. The van der Waals surface area contributed by atoms with Crippen LogP contribution >= 0.6 is 0 Å². The molecular formula is C20H38O5. The second kappa shape index (κ2) is 17.7. The summed E-state index contributed by atoms with van der Waals surface area (Å²) < 4.78 is 15.8. The van der Waals surface area contributed by atoms with Crippen LogP contribution in [0.5, 0.6) is 0 Å². The van der Waals surface area contributed by atoms with Crippen molar-refractivity contribution < 1.29 is 23.8 Å². The van der Waals surface area contributed by atoms with E-state index in [1.165, 1.54) is 19.3 Å². The molecule has 25 heavy (non-hydrogen) atoms. The van der Waals surface area contributed by atoms with Gasteiger partial charge in [0.25, 0.3) is 0 Å². The summed E-state index contributed by atoms with van der Waals surface area (Å²) in [7, 11) is 1.68. The quantitative estimate of drug-likeness (QED) is 0.276. The van der Waals surface area contributed by atoms with Crippen LogP contribution in [0.25, 0.3) is 0 Å². The molecule has 5 nitrogen and oxygen atoms in total. The first-order chi connectivity index (χ1) is 12.1. The predicted molar refractivity (Wildman–Crippen MR) is 99.5 cm³/mol. The molecule has 0 saturated heterocycles. The number of carbonyl (C=O) groups excluding carboxylic acids is 2. The largest absolute Gasteiger partial charge is 0.466 e. The Balaban J connectivity index is 3.98. The van der Waals surface area contributed by atoms with Crippen LogP contribution in [0.2, 0.25) is 0 Å². The van der Waals surface area contributed by atoms with E-state index in [1.807, 2.05) is 0 Å². The Morgan fingerprint density at radius 2 is 1.44 bits per heavy atom. The monoisotopic (exact) mass is 358 g/mol. The highest BCUT2D eigenvalue weighted by molar-refractivity contribution is 5.72. The lowest BCUT2D eigenvalue weighted by Gasteiger charge is -2.18. The standard InChI is InChI=1S/C20H38O5/c1-4-6-8-9-12-18(13-11-16-23-3)25-20(22)15-10-14-19(21)24-17-7-5-2/h18H,4-17H2,1-3H3. The van der Waals surface area contributed by atoms with Gasteiger partial charge in [-0.15, -0.1) is 0 Å². The summed E-state index contributed by atoms with van der Waals surface area (Å²) in [5.41, 5.74) is 0. The number of unbranched alkanes of at least 4 members (excludes halogenated alkanes) is 4. The first kappa shape index (κ1) is 23.9. The van der Waals surface area contributed by atoms with Gasteiger partial charge in [0.1, 0.15) is 6.10 Å². The molecule has 0 fully saturated rings. The van der Waals surface area contributed by atoms with Crippen molar-refractivity contribution in [3.63, 3.8) is 0 Å². The maximum absolute atomic E-state index is 12.0. The molecule has 0 aromatic heterocycles. The Labute approximate surface area is 153 Å². The van der Waals surface area contributed by atoms with Gasteiger partial charge in [-0.2, -0.15) is 0 Å². The first-order valence-electron chi connectivity index (χ1n) is 9.98. The number of methoxy groups -OCH3 is 1. The molecule has 5 heteroatoms. The van der Waals surface area contributed by atoms with Gasteiger partial charge in [0.05, 0.1) is 6.61 Å². The van der Waals surface area contributed by atoms with Crippen molar-refractivity contribution in [1.29, 1.82) is 0 Å². The Morgan fingerprint density at radius 1 is 0.760 bits per heavy atom. The third-order valence-corrected chi connectivity index (χ3v) is 4.08. The first-order valence-corrected chi connectivity index (χ1v) is 9.98. The fraction of sp³-hybridized carbons (Fsp3) is 0.900. The minimum absolute atomic E-state index is 0.0315. The van der Waals surface area contributed by atoms with Gasteiger partial charge >= 0.3 is 11.9 Å². The Bertz CT molecular complexity index is 330. The summed E-state index contributed by atoms with van der Waals surface area (Å²) in [5, 5.41) is 0. The molecule has 148 valence electrons. The maximum atomic E-state index is 12.0. The zero-order valence-corrected chi connectivity index (χ0v) is 16.5. The topological polar surface area (TPSA) is 61.8 Å². The van der Waals surface area contributed by atoms with Crippen molar-refractivity contribution in [2.45, 2.75) is 97.0 Å². The zero-order chi connectivity index (χ0) is 18.8. The van der Waals surface area contributed by atoms with E-state index in [4.69, 9.17) is 14.2 Å². The molecule has 0 rings (SSSR count). The summed E-state index contributed by atoms with van der Waals surface area (Å²) in [6.45, 7) is 5.39. The molecule has 0 aliphatic rings. The second-order valence-electron chi connectivity index (χ2n) is 6.52. The van der Waals surface area contributed by atoms with Crippen LogP contribution in [0.4, 0.5) is 0 Å². The van der Waals surface area contributed by atoms with Crippen molar-refractivity contribution in [2.24, 2.45) is 0 Å². The fourth-order valence-electron chi connectivity index (χ4n) is 2.54. The molecule has 0 aliphatic carbocycles. The van der Waals surface area contributed by atoms with Crippen molar-refractivity contribution in [3.05, 3.63) is 0 Å². The van der Waals surface area contributed by atoms with Crippen LogP contribution in [0.1, 0.15) is 90.9 Å². The van der Waals surface area contributed by atoms with Crippen LogP contribution < -0.4 is 0 Å². The Kier molecular flexibility index (Phi) is 16.9. The van der Waals surface area contributed by atoms with Gasteiger partial charge in [0, 0.05) is 26.6 Å². The Morgan fingerprint density at radius 3 is 2.12 bits per heavy atom. The van der Waals surface area contributed by atoms with Gasteiger partial charge in [0.2, 0.25) is 0 Å². The van der Waals surface area contributed by atoms with E-state index in [9.17, 15) is 9.59 Å². The van der Waals surface area contributed by atoms with E-state index in [2.05, 4.69) is 13.8 Å². The number of carbonyl (C=O) groups is 2. The van der Waals surface area contributed by atoms with Crippen LogP contribution in [-0.4, -0.2) is 38.4 Å². The fourth-order valence-corrected chi connectivity index (χ4v) is 2.54. The summed E-state index contributed by atoms with van der Waals surface area (Å²) in [6.07, 6.45) is 10.2. The van der Waals surface area contributed by atoms with Gasteiger partial charge in [-0.1, -0.05) is 39.5 Å². The average Bonchev–Trinajstić information content (AvgIpc) is 2.59. The predicted octanol–water partition coefficient (Wildman–Crippen LogP) is 4.81. The molecule has 0 saturated carbocycles. The van der Waals surface area contributed by atoms with Gasteiger partial charge < -0.3 is 14.2 Å². The normalized spacial score (nSPS) is 12.0. The molecule has 1 atom stereocenters. The van der Waals surface area contributed by atoms with Crippen LogP contribution in [0.3, 0.4) is 0 Å². The van der Waals surface area contributed by atoms with Gasteiger partial charge in [-0.05, 0) is 38.5 Å². The molecule has 0 bridgehead atoms. The van der Waals surface area contributed by atoms with Crippen molar-refractivity contribution >= 4 is 11.9 Å². The van der Waals surface area contributed by atoms with Gasteiger partial charge in [-0.3, -0.25) is 9.59 Å². The van der Waals surface area contributed by atoms with E-state index < -0.39 is 0 Å². The van der Waals surface area contributed by atoms with Crippen molar-refractivity contribution in [3.8, 4) is 0 Å².